The molecule has 1 aromatic heterocycles. The number of hydrogen-bond acceptors (Lipinski definition) is 5. The molecule has 3 aromatic rings. The highest BCUT2D eigenvalue weighted by atomic mass is 79.9. The van der Waals surface area contributed by atoms with Crippen molar-refractivity contribution in [3.8, 4) is 0 Å². The second-order valence-corrected chi connectivity index (χ2v) is 9.08. The molecule has 0 radical (unpaired) electrons. The molecule has 0 saturated carbocycles. The predicted molar refractivity (Wildman–Crippen MR) is 102 cm³/mol. The van der Waals surface area contributed by atoms with Crippen LogP contribution in [0.5, 0.6) is 0 Å². The van der Waals surface area contributed by atoms with E-state index in [1.54, 1.807) is 12.1 Å². The van der Waals surface area contributed by atoms with Gasteiger partial charge in [0.15, 0.2) is 5.13 Å². The second-order valence-electron chi connectivity index (χ2n) is 5.42. The van der Waals surface area contributed by atoms with Crippen LogP contribution in [0.2, 0.25) is 0 Å². The van der Waals surface area contributed by atoms with E-state index in [1.165, 1.54) is 37.3 Å². The van der Waals surface area contributed by atoms with Gasteiger partial charge in [-0.2, -0.15) is 4.72 Å². The van der Waals surface area contributed by atoms with E-state index in [4.69, 9.17) is 0 Å². The van der Waals surface area contributed by atoms with Crippen molar-refractivity contribution in [1.29, 1.82) is 0 Å². The Morgan fingerprint density at radius 1 is 1.23 bits per heavy atom. The maximum absolute atomic E-state index is 13.2. The number of thiazole rings is 1. The van der Waals surface area contributed by atoms with E-state index in [0.29, 0.717) is 10.2 Å². The number of rotatable bonds is 5. The molecule has 136 valence electrons. The van der Waals surface area contributed by atoms with Crippen molar-refractivity contribution in [3.05, 3.63) is 52.8 Å². The van der Waals surface area contributed by atoms with E-state index < -0.39 is 27.8 Å². The van der Waals surface area contributed by atoms with E-state index in [1.807, 2.05) is 0 Å². The summed E-state index contributed by atoms with van der Waals surface area (Å²) >= 11 is 4.34. The second kappa shape index (κ2) is 7.39. The Bertz CT molecular complexity index is 1070. The summed E-state index contributed by atoms with van der Waals surface area (Å²) in [5.41, 5.74) is 0.551. The lowest BCUT2D eigenvalue weighted by molar-refractivity contribution is -0.117. The molecule has 0 fully saturated rings. The summed E-state index contributed by atoms with van der Waals surface area (Å²) in [6.07, 6.45) is 0. The number of nitrogens with zero attached hydrogens (tertiary/aromatic N) is 1. The van der Waals surface area contributed by atoms with Gasteiger partial charge in [-0.15, -0.1) is 0 Å². The number of carbonyl (C=O) groups is 1. The van der Waals surface area contributed by atoms with Crippen LogP contribution in [0, 0.1) is 5.82 Å². The predicted octanol–water partition coefficient (Wildman–Crippen LogP) is 3.50. The van der Waals surface area contributed by atoms with Gasteiger partial charge < -0.3 is 5.32 Å². The lowest BCUT2D eigenvalue weighted by atomic mass is 10.3. The number of anilines is 1. The van der Waals surface area contributed by atoms with Gasteiger partial charge in [-0.1, -0.05) is 27.3 Å². The lowest BCUT2D eigenvalue weighted by Crippen LogP contribution is -2.41. The fourth-order valence-electron chi connectivity index (χ4n) is 2.13. The van der Waals surface area contributed by atoms with Crippen LogP contribution in [0.3, 0.4) is 0 Å². The monoisotopic (exact) mass is 457 g/mol. The fourth-order valence-corrected chi connectivity index (χ4v) is 4.49. The largest absolute Gasteiger partial charge is 0.301 e. The zero-order chi connectivity index (χ0) is 18.9. The first-order valence-corrected chi connectivity index (χ1v) is 10.5. The Morgan fingerprint density at radius 2 is 1.92 bits per heavy atom. The topological polar surface area (TPSA) is 88.2 Å². The normalized spacial score (nSPS) is 12.9. The Balaban J connectivity index is 1.71. The third kappa shape index (κ3) is 4.26. The number of carbonyl (C=O) groups excluding carboxylic acids is 1. The van der Waals surface area contributed by atoms with Crippen molar-refractivity contribution in [2.45, 2.75) is 17.9 Å². The number of hydrogen-bond donors (Lipinski definition) is 2. The molecule has 26 heavy (non-hydrogen) atoms. The highest BCUT2D eigenvalue weighted by Gasteiger charge is 2.22. The number of benzene rings is 2. The summed E-state index contributed by atoms with van der Waals surface area (Å²) in [4.78, 5) is 16.5. The minimum atomic E-state index is -3.84. The number of halogens is 2. The van der Waals surface area contributed by atoms with Gasteiger partial charge in [0.05, 0.1) is 21.2 Å². The average molecular weight is 458 g/mol. The number of aromatic nitrogens is 1. The third-order valence-corrected chi connectivity index (χ3v) is 6.45. The Kier molecular flexibility index (Phi) is 5.37. The number of amides is 1. The molecule has 0 saturated heterocycles. The van der Waals surface area contributed by atoms with E-state index in [-0.39, 0.29) is 10.0 Å². The molecule has 0 spiro atoms. The van der Waals surface area contributed by atoms with Crippen LogP contribution in [0.15, 0.2) is 51.8 Å². The smallest absolute Gasteiger partial charge is 0.244 e. The number of sulfonamides is 1. The van der Waals surface area contributed by atoms with Crippen LogP contribution in [-0.2, 0) is 14.8 Å². The van der Waals surface area contributed by atoms with Gasteiger partial charge in [0.1, 0.15) is 5.82 Å². The lowest BCUT2D eigenvalue weighted by Gasteiger charge is -2.13. The van der Waals surface area contributed by atoms with Crippen molar-refractivity contribution in [2.75, 3.05) is 5.32 Å². The summed E-state index contributed by atoms with van der Waals surface area (Å²) in [5, 5.41) is 2.81. The molecule has 0 bridgehead atoms. The average Bonchev–Trinajstić information content (AvgIpc) is 2.96. The third-order valence-electron chi connectivity index (χ3n) is 3.43. The maximum Gasteiger partial charge on any atom is 0.244 e. The van der Waals surface area contributed by atoms with Crippen LogP contribution in [0.1, 0.15) is 6.92 Å². The van der Waals surface area contributed by atoms with Crippen LogP contribution < -0.4 is 10.0 Å². The molecule has 6 nitrogen and oxygen atoms in total. The quantitative estimate of drug-likeness (QED) is 0.613. The van der Waals surface area contributed by atoms with Crippen molar-refractivity contribution >= 4 is 58.5 Å². The van der Waals surface area contributed by atoms with Crippen molar-refractivity contribution in [3.63, 3.8) is 0 Å². The molecule has 1 atom stereocenters. The van der Waals surface area contributed by atoms with E-state index in [2.05, 4.69) is 31.0 Å². The molecule has 1 amide bonds. The molecule has 0 aliphatic carbocycles. The van der Waals surface area contributed by atoms with Crippen LogP contribution in [0.4, 0.5) is 9.52 Å². The van der Waals surface area contributed by atoms with Crippen molar-refractivity contribution in [2.24, 2.45) is 0 Å². The Morgan fingerprint density at radius 3 is 2.62 bits per heavy atom. The molecule has 0 unspecified atom stereocenters. The van der Waals surface area contributed by atoms with Crippen LogP contribution in [-0.4, -0.2) is 25.4 Å². The zero-order valence-corrected chi connectivity index (χ0v) is 16.6. The zero-order valence-electron chi connectivity index (χ0n) is 13.4. The Hall–Kier alpha value is -1.88. The van der Waals surface area contributed by atoms with Crippen molar-refractivity contribution in [1.82, 2.24) is 9.71 Å². The fraction of sp³-hybridized carbons (Fsp3) is 0.125. The van der Waals surface area contributed by atoms with Gasteiger partial charge in [-0.05, 0) is 49.4 Å². The summed E-state index contributed by atoms with van der Waals surface area (Å²) in [6.45, 7) is 1.43. The molecule has 1 heterocycles. The first kappa shape index (κ1) is 18.9. The summed E-state index contributed by atoms with van der Waals surface area (Å²) < 4.78 is 41.5. The number of fused-ring (bicyclic) bond motifs is 1. The molecule has 0 aliphatic heterocycles. The van der Waals surface area contributed by atoms with Gasteiger partial charge >= 0.3 is 0 Å². The van der Waals surface area contributed by atoms with Gasteiger partial charge in [0, 0.05) is 4.47 Å². The van der Waals surface area contributed by atoms with E-state index in [9.17, 15) is 17.6 Å². The van der Waals surface area contributed by atoms with Gasteiger partial charge in [-0.25, -0.2) is 17.8 Å². The van der Waals surface area contributed by atoms with Gasteiger partial charge in [0.2, 0.25) is 15.9 Å². The van der Waals surface area contributed by atoms with E-state index >= 15 is 0 Å². The SMILES string of the molecule is C[C@@H](NS(=O)(=O)c1ccc(Br)cc1)C(=O)Nc1nc2ccc(F)cc2s1. The van der Waals surface area contributed by atoms with E-state index in [0.717, 1.165) is 15.8 Å². The van der Waals surface area contributed by atoms with Crippen molar-refractivity contribution < 1.29 is 17.6 Å². The molecule has 2 aromatic carbocycles. The first-order chi connectivity index (χ1) is 12.2. The van der Waals surface area contributed by atoms with Crippen LogP contribution >= 0.6 is 27.3 Å². The molecule has 3 rings (SSSR count). The van der Waals surface area contributed by atoms with Gasteiger partial charge in [-0.3, -0.25) is 4.79 Å². The first-order valence-electron chi connectivity index (χ1n) is 7.39. The molecule has 0 aliphatic rings. The minimum absolute atomic E-state index is 0.0517. The molecule has 2 N–H and O–H groups in total. The summed E-state index contributed by atoms with van der Waals surface area (Å²) in [6, 6.07) is 9.14. The maximum atomic E-state index is 13.2. The standard InChI is InChI=1S/C16H13BrFN3O3S2/c1-9(21-26(23,24)12-5-2-10(17)3-6-12)15(22)20-16-19-13-7-4-11(18)8-14(13)25-16/h2-9,21H,1H3,(H,19,20,22)/t9-/m1/s1. The molecule has 10 heteroatoms. The highest BCUT2D eigenvalue weighted by molar-refractivity contribution is 9.10. The summed E-state index contributed by atoms with van der Waals surface area (Å²) in [5.74, 6) is -0.958. The summed E-state index contributed by atoms with van der Waals surface area (Å²) in [7, 11) is -3.84. The number of nitrogens with one attached hydrogen (secondary N) is 2. The Labute approximate surface area is 161 Å². The minimum Gasteiger partial charge on any atom is -0.301 e. The molecular weight excluding hydrogens is 445 g/mol. The molecular formula is C16H13BrFN3O3S2. The highest BCUT2D eigenvalue weighted by Crippen LogP contribution is 2.26. The van der Waals surface area contributed by atoms with Crippen LogP contribution in [0.25, 0.3) is 10.2 Å². The van der Waals surface area contributed by atoms with Gasteiger partial charge in [0.25, 0.3) is 0 Å².